The molecule has 1 aromatic heterocycles. The van der Waals surface area contributed by atoms with E-state index in [-0.39, 0.29) is 16.8 Å². The molecule has 1 N–H and O–H groups in total. The van der Waals surface area contributed by atoms with E-state index in [1.54, 1.807) is 50.2 Å². The summed E-state index contributed by atoms with van der Waals surface area (Å²) in [4.78, 5) is 12.7. The van der Waals surface area contributed by atoms with Crippen molar-refractivity contribution < 1.29 is 22.4 Å². The number of anilines is 1. The Balaban J connectivity index is 1.70. The summed E-state index contributed by atoms with van der Waals surface area (Å²) in [5, 5.41) is 9.78. The van der Waals surface area contributed by atoms with Gasteiger partial charge in [0.25, 0.3) is 5.91 Å². The Kier molecular flexibility index (Phi) is 7.63. The Morgan fingerprint density at radius 1 is 1.09 bits per heavy atom. The standard InChI is InChI=1S/C23H27N3O5S/c1-4-5-6-13-30-19-11-7-9-17(14-19)21(27)24-23-26-25-22(31-23)18-10-8-12-20(15-18)32(28,29)16(2)3/h7-12,14-16H,4-6,13H2,1-3H3,(H,24,26,27). The number of sulfone groups is 1. The van der Waals surface area contributed by atoms with Crippen molar-refractivity contribution in [2.75, 3.05) is 11.9 Å². The minimum absolute atomic E-state index is 0.0867. The maximum Gasteiger partial charge on any atom is 0.322 e. The average Bonchev–Trinajstić information content (AvgIpc) is 3.25. The number of rotatable bonds is 10. The summed E-state index contributed by atoms with van der Waals surface area (Å²) in [6.45, 7) is 5.96. The molecule has 9 heteroatoms. The quantitative estimate of drug-likeness (QED) is 0.438. The first-order valence-electron chi connectivity index (χ1n) is 10.5. The zero-order chi connectivity index (χ0) is 23.1. The number of nitrogens with zero attached hydrogens (tertiary/aromatic N) is 2. The predicted octanol–water partition coefficient (Wildman–Crippen LogP) is 4.74. The molecule has 3 rings (SSSR count). The van der Waals surface area contributed by atoms with E-state index in [1.165, 1.54) is 12.1 Å². The fourth-order valence-corrected chi connectivity index (χ4v) is 4.01. The largest absolute Gasteiger partial charge is 0.494 e. The van der Waals surface area contributed by atoms with Crippen molar-refractivity contribution in [3.05, 3.63) is 54.1 Å². The zero-order valence-corrected chi connectivity index (χ0v) is 19.2. The molecule has 8 nitrogen and oxygen atoms in total. The van der Waals surface area contributed by atoms with Crippen LogP contribution >= 0.6 is 0 Å². The summed E-state index contributed by atoms with van der Waals surface area (Å²) in [5.74, 6) is 0.299. The van der Waals surface area contributed by atoms with Gasteiger partial charge < -0.3 is 9.15 Å². The smallest absolute Gasteiger partial charge is 0.322 e. The van der Waals surface area contributed by atoms with Crippen molar-refractivity contribution in [2.45, 2.75) is 50.2 Å². The summed E-state index contributed by atoms with van der Waals surface area (Å²) in [7, 11) is -3.44. The van der Waals surface area contributed by atoms with Gasteiger partial charge in [0.05, 0.1) is 16.8 Å². The van der Waals surface area contributed by atoms with Gasteiger partial charge in [-0.2, -0.15) is 0 Å². The molecule has 32 heavy (non-hydrogen) atoms. The molecule has 0 bridgehead atoms. The highest BCUT2D eigenvalue weighted by Crippen LogP contribution is 2.25. The number of hydrogen-bond acceptors (Lipinski definition) is 7. The van der Waals surface area contributed by atoms with Crippen LogP contribution in [-0.2, 0) is 9.84 Å². The molecule has 1 heterocycles. The van der Waals surface area contributed by atoms with E-state index < -0.39 is 21.0 Å². The normalized spacial score (nSPS) is 11.5. The van der Waals surface area contributed by atoms with Gasteiger partial charge in [-0.3, -0.25) is 10.1 Å². The van der Waals surface area contributed by atoms with Crippen molar-refractivity contribution in [1.29, 1.82) is 0 Å². The highest BCUT2D eigenvalue weighted by atomic mass is 32.2. The summed E-state index contributed by atoms with van der Waals surface area (Å²) in [5.41, 5.74) is 0.838. The van der Waals surface area contributed by atoms with Gasteiger partial charge in [-0.05, 0) is 56.7 Å². The summed E-state index contributed by atoms with van der Waals surface area (Å²) in [6.07, 6.45) is 3.15. The monoisotopic (exact) mass is 457 g/mol. The van der Waals surface area contributed by atoms with Gasteiger partial charge in [-0.15, -0.1) is 5.10 Å². The van der Waals surface area contributed by atoms with E-state index in [1.807, 2.05) is 0 Å². The van der Waals surface area contributed by atoms with Crippen LogP contribution in [0.3, 0.4) is 0 Å². The van der Waals surface area contributed by atoms with E-state index in [4.69, 9.17) is 9.15 Å². The predicted molar refractivity (Wildman–Crippen MR) is 121 cm³/mol. The molecule has 2 aromatic carbocycles. The lowest BCUT2D eigenvalue weighted by atomic mass is 10.2. The molecule has 3 aromatic rings. The van der Waals surface area contributed by atoms with Crippen LogP contribution < -0.4 is 10.1 Å². The van der Waals surface area contributed by atoms with Gasteiger partial charge in [0.2, 0.25) is 5.89 Å². The molecule has 0 spiro atoms. The van der Waals surface area contributed by atoms with E-state index in [0.29, 0.717) is 23.5 Å². The second-order valence-corrected chi connectivity index (χ2v) is 10.1. The summed E-state index contributed by atoms with van der Waals surface area (Å²) < 4.78 is 36.0. The number of ether oxygens (including phenoxy) is 1. The maximum atomic E-state index is 12.6. The Hall–Kier alpha value is -3.20. The fourth-order valence-electron chi connectivity index (χ4n) is 2.91. The number of nitrogens with one attached hydrogen (secondary N) is 1. The van der Waals surface area contributed by atoms with Crippen LogP contribution in [0, 0.1) is 0 Å². The molecule has 0 saturated heterocycles. The van der Waals surface area contributed by atoms with Gasteiger partial charge in [0.15, 0.2) is 9.84 Å². The number of benzene rings is 2. The molecule has 0 fully saturated rings. The fraction of sp³-hybridized carbons (Fsp3) is 0.348. The molecule has 0 radical (unpaired) electrons. The third-order valence-corrected chi connectivity index (χ3v) is 6.94. The van der Waals surface area contributed by atoms with E-state index in [0.717, 1.165) is 19.3 Å². The van der Waals surface area contributed by atoms with Gasteiger partial charge >= 0.3 is 6.01 Å². The van der Waals surface area contributed by atoms with Crippen molar-refractivity contribution in [3.63, 3.8) is 0 Å². The van der Waals surface area contributed by atoms with Crippen LogP contribution in [0.4, 0.5) is 6.01 Å². The van der Waals surface area contributed by atoms with Gasteiger partial charge in [-0.25, -0.2) is 8.42 Å². The van der Waals surface area contributed by atoms with Crippen LogP contribution in [-0.4, -0.2) is 36.4 Å². The lowest BCUT2D eigenvalue weighted by Gasteiger charge is -2.08. The summed E-state index contributed by atoms with van der Waals surface area (Å²) in [6, 6.07) is 13.0. The van der Waals surface area contributed by atoms with Crippen molar-refractivity contribution >= 4 is 21.8 Å². The lowest BCUT2D eigenvalue weighted by molar-refractivity contribution is 0.102. The Bertz CT molecular complexity index is 1170. The Morgan fingerprint density at radius 2 is 1.88 bits per heavy atom. The molecule has 0 unspecified atom stereocenters. The number of hydrogen-bond donors (Lipinski definition) is 1. The first-order chi connectivity index (χ1) is 15.3. The van der Waals surface area contributed by atoms with Crippen molar-refractivity contribution in [2.24, 2.45) is 0 Å². The van der Waals surface area contributed by atoms with Crippen LogP contribution in [0.1, 0.15) is 50.4 Å². The molecule has 0 aliphatic heterocycles. The van der Waals surface area contributed by atoms with Gasteiger partial charge in [0, 0.05) is 11.1 Å². The van der Waals surface area contributed by atoms with Crippen molar-refractivity contribution in [3.8, 4) is 17.2 Å². The van der Waals surface area contributed by atoms with Crippen LogP contribution in [0.25, 0.3) is 11.5 Å². The van der Waals surface area contributed by atoms with Crippen LogP contribution in [0.15, 0.2) is 57.8 Å². The maximum absolute atomic E-state index is 12.6. The van der Waals surface area contributed by atoms with E-state index in [9.17, 15) is 13.2 Å². The molecule has 0 aliphatic carbocycles. The summed E-state index contributed by atoms with van der Waals surface area (Å²) >= 11 is 0. The molecule has 0 aliphatic rings. The zero-order valence-electron chi connectivity index (χ0n) is 18.4. The highest BCUT2D eigenvalue weighted by Gasteiger charge is 2.21. The minimum atomic E-state index is -3.44. The Morgan fingerprint density at radius 3 is 2.62 bits per heavy atom. The average molecular weight is 458 g/mol. The number of carbonyl (C=O) groups is 1. The number of carbonyl (C=O) groups excluding carboxylic acids is 1. The number of amides is 1. The van der Waals surface area contributed by atoms with Crippen LogP contribution in [0.5, 0.6) is 5.75 Å². The molecule has 170 valence electrons. The molecule has 1 amide bonds. The topological polar surface area (TPSA) is 111 Å². The molecule has 0 atom stereocenters. The van der Waals surface area contributed by atoms with E-state index in [2.05, 4.69) is 22.4 Å². The second kappa shape index (κ2) is 10.4. The molecule has 0 saturated carbocycles. The first kappa shape index (κ1) is 23.5. The lowest BCUT2D eigenvalue weighted by Crippen LogP contribution is -2.13. The molecular weight excluding hydrogens is 430 g/mol. The first-order valence-corrected chi connectivity index (χ1v) is 12.1. The van der Waals surface area contributed by atoms with Gasteiger partial charge in [-0.1, -0.05) is 37.0 Å². The number of aromatic nitrogens is 2. The third kappa shape index (κ3) is 5.73. The number of unbranched alkanes of at least 4 members (excludes halogenated alkanes) is 2. The second-order valence-electron chi connectivity index (χ2n) is 7.57. The SMILES string of the molecule is CCCCCOc1cccc(C(=O)Nc2nnc(-c3cccc(S(=O)(=O)C(C)C)c3)o2)c1. The van der Waals surface area contributed by atoms with Gasteiger partial charge in [0.1, 0.15) is 5.75 Å². The van der Waals surface area contributed by atoms with E-state index >= 15 is 0 Å². The Labute approximate surface area is 187 Å². The third-order valence-electron chi connectivity index (χ3n) is 4.79. The minimum Gasteiger partial charge on any atom is -0.494 e. The molecular formula is C23H27N3O5S. The highest BCUT2D eigenvalue weighted by molar-refractivity contribution is 7.92. The van der Waals surface area contributed by atoms with Crippen molar-refractivity contribution in [1.82, 2.24) is 10.2 Å². The van der Waals surface area contributed by atoms with Crippen LogP contribution in [0.2, 0.25) is 0 Å².